The molecule has 0 fully saturated rings. The highest BCUT2D eigenvalue weighted by molar-refractivity contribution is 6.31. The van der Waals surface area contributed by atoms with Crippen LogP contribution in [-0.4, -0.2) is 14.5 Å². The lowest BCUT2D eigenvalue weighted by Gasteiger charge is -2.09. The van der Waals surface area contributed by atoms with Gasteiger partial charge in [-0.1, -0.05) is 29.8 Å². The lowest BCUT2D eigenvalue weighted by molar-refractivity contribution is 1.11. The maximum Gasteiger partial charge on any atom is 0.206 e. The second-order valence-corrected chi connectivity index (χ2v) is 5.23. The summed E-state index contributed by atoms with van der Waals surface area (Å²) < 4.78 is 1.89. The van der Waals surface area contributed by atoms with E-state index in [1.807, 2.05) is 53.1 Å². The van der Waals surface area contributed by atoms with Gasteiger partial charge >= 0.3 is 0 Å². The lowest BCUT2D eigenvalue weighted by atomic mass is 10.2. The molecule has 4 rings (SSSR count). The lowest BCUT2D eigenvalue weighted by Crippen LogP contribution is -2.02. The summed E-state index contributed by atoms with van der Waals surface area (Å²) in [6.45, 7) is 0. The van der Waals surface area contributed by atoms with Crippen molar-refractivity contribution in [1.29, 1.82) is 0 Å². The molecular weight excluding hydrogens is 284 g/mol. The van der Waals surface area contributed by atoms with Crippen LogP contribution in [0.2, 0.25) is 5.02 Å². The molecule has 2 heterocycles. The normalized spacial score (nSPS) is 11.3. The van der Waals surface area contributed by atoms with Crippen LogP contribution < -0.4 is 5.73 Å². The van der Waals surface area contributed by atoms with E-state index in [-0.39, 0.29) is 0 Å². The third kappa shape index (κ3) is 1.84. The summed E-state index contributed by atoms with van der Waals surface area (Å²) in [5, 5.41) is 1.70. The van der Waals surface area contributed by atoms with E-state index in [0.29, 0.717) is 11.0 Å². The van der Waals surface area contributed by atoms with Crippen LogP contribution in [-0.2, 0) is 0 Å². The van der Waals surface area contributed by atoms with E-state index in [1.54, 1.807) is 6.20 Å². The third-order valence-electron chi connectivity index (χ3n) is 3.49. The number of pyridine rings is 1. The molecule has 0 spiro atoms. The second kappa shape index (κ2) is 4.46. The molecule has 0 radical (unpaired) electrons. The van der Waals surface area contributed by atoms with Gasteiger partial charge in [0, 0.05) is 16.6 Å². The van der Waals surface area contributed by atoms with E-state index in [0.717, 1.165) is 27.6 Å². The standard InChI is InChI=1S/C16H11ClN4/c17-11-6-7-12-14(9-11)21(16(18)20-12)13-5-1-3-10-4-2-8-19-15(10)13/h1-9H,(H2,18,20). The Kier molecular flexibility index (Phi) is 2.59. The van der Waals surface area contributed by atoms with Crippen molar-refractivity contribution in [2.24, 2.45) is 0 Å². The van der Waals surface area contributed by atoms with Gasteiger partial charge in [-0.15, -0.1) is 0 Å². The predicted octanol–water partition coefficient (Wildman–Crippen LogP) is 3.81. The summed E-state index contributed by atoms with van der Waals surface area (Å²) in [7, 11) is 0. The third-order valence-corrected chi connectivity index (χ3v) is 3.73. The second-order valence-electron chi connectivity index (χ2n) is 4.79. The summed E-state index contributed by atoms with van der Waals surface area (Å²) in [6, 6.07) is 15.5. The van der Waals surface area contributed by atoms with Gasteiger partial charge < -0.3 is 5.73 Å². The zero-order valence-electron chi connectivity index (χ0n) is 11.0. The number of anilines is 1. The maximum atomic E-state index is 6.11. The highest BCUT2D eigenvalue weighted by atomic mass is 35.5. The van der Waals surface area contributed by atoms with Crippen molar-refractivity contribution in [2.45, 2.75) is 0 Å². The number of hydrogen-bond donors (Lipinski definition) is 1. The van der Waals surface area contributed by atoms with Crippen molar-refractivity contribution in [2.75, 3.05) is 5.73 Å². The Balaban J connectivity index is 2.14. The van der Waals surface area contributed by atoms with Gasteiger partial charge in [-0.3, -0.25) is 9.55 Å². The van der Waals surface area contributed by atoms with E-state index < -0.39 is 0 Å². The number of halogens is 1. The number of imidazole rings is 1. The molecule has 0 aliphatic heterocycles. The first kappa shape index (κ1) is 12.2. The molecule has 2 N–H and O–H groups in total. The Hall–Kier alpha value is -2.59. The first-order chi connectivity index (χ1) is 10.2. The fraction of sp³-hybridized carbons (Fsp3) is 0. The molecule has 0 atom stereocenters. The highest BCUT2D eigenvalue weighted by Gasteiger charge is 2.13. The molecule has 0 bridgehead atoms. The summed E-state index contributed by atoms with van der Waals surface area (Å²) in [4.78, 5) is 8.86. The number of nitrogen functional groups attached to an aromatic ring is 1. The Morgan fingerprint density at radius 3 is 2.81 bits per heavy atom. The van der Waals surface area contributed by atoms with E-state index in [9.17, 15) is 0 Å². The monoisotopic (exact) mass is 294 g/mol. The molecule has 0 saturated carbocycles. The Morgan fingerprint density at radius 1 is 1.05 bits per heavy atom. The van der Waals surface area contributed by atoms with E-state index in [4.69, 9.17) is 17.3 Å². The van der Waals surface area contributed by atoms with E-state index >= 15 is 0 Å². The van der Waals surface area contributed by atoms with E-state index in [1.165, 1.54) is 0 Å². The first-order valence-corrected chi connectivity index (χ1v) is 6.89. The van der Waals surface area contributed by atoms with Gasteiger partial charge in [-0.05, 0) is 30.3 Å². The van der Waals surface area contributed by atoms with Crippen molar-refractivity contribution < 1.29 is 0 Å². The smallest absolute Gasteiger partial charge is 0.206 e. The minimum atomic E-state index is 0.422. The predicted molar refractivity (Wildman–Crippen MR) is 85.8 cm³/mol. The molecule has 4 nitrogen and oxygen atoms in total. The quantitative estimate of drug-likeness (QED) is 0.581. The number of aromatic nitrogens is 3. The minimum Gasteiger partial charge on any atom is -0.369 e. The van der Waals surface area contributed by atoms with Crippen LogP contribution in [0.4, 0.5) is 5.95 Å². The first-order valence-electron chi connectivity index (χ1n) is 6.51. The number of benzene rings is 2. The van der Waals surface area contributed by atoms with Gasteiger partial charge in [-0.25, -0.2) is 4.98 Å². The number of nitrogens with zero attached hydrogens (tertiary/aromatic N) is 3. The van der Waals surface area contributed by atoms with Gasteiger partial charge in [0.15, 0.2) is 0 Å². The van der Waals surface area contributed by atoms with Gasteiger partial charge in [-0.2, -0.15) is 0 Å². The largest absolute Gasteiger partial charge is 0.369 e. The molecule has 0 aliphatic carbocycles. The Bertz CT molecular complexity index is 969. The average Bonchev–Trinajstić information content (AvgIpc) is 2.82. The van der Waals surface area contributed by atoms with Crippen molar-refractivity contribution >= 4 is 39.5 Å². The van der Waals surface area contributed by atoms with Crippen molar-refractivity contribution in [3.05, 3.63) is 59.8 Å². The van der Waals surface area contributed by atoms with Gasteiger partial charge in [0.2, 0.25) is 5.95 Å². The average molecular weight is 295 g/mol. The highest BCUT2D eigenvalue weighted by Crippen LogP contribution is 2.28. The molecule has 21 heavy (non-hydrogen) atoms. The number of fused-ring (bicyclic) bond motifs is 2. The summed E-state index contributed by atoms with van der Waals surface area (Å²) >= 11 is 6.11. The minimum absolute atomic E-state index is 0.422. The molecule has 0 unspecified atom stereocenters. The van der Waals surface area contributed by atoms with E-state index in [2.05, 4.69) is 9.97 Å². The number of para-hydroxylation sites is 1. The molecule has 0 saturated heterocycles. The summed E-state index contributed by atoms with van der Waals surface area (Å²) in [6.07, 6.45) is 1.77. The van der Waals surface area contributed by atoms with Crippen molar-refractivity contribution in [1.82, 2.24) is 14.5 Å². The molecule has 0 aliphatic rings. The molecular formula is C16H11ClN4. The fourth-order valence-corrected chi connectivity index (χ4v) is 2.76. The van der Waals surface area contributed by atoms with Gasteiger partial charge in [0.05, 0.1) is 22.2 Å². The van der Waals surface area contributed by atoms with Crippen LogP contribution in [0.3, 0.4) is 0 Å². The Morgan fingerprint density at radius 2 is 1.90 bits per heavy atom. The molecule has 2 aromatic heterocycles. The molecule has 102 valence electrons. The summed E-state index contributed by atoms with van der Waals surface area (Å²) in [5.41, 5.74) is 9.57. The Labute approximate surface area is 125 Å². The van der Waals surface area contributed by atoms with Crippen LogP contribution in [0.1, 0.15) is 0 Å². The molecule has 5 heteroatoms. The molecule has 2 aromatic carbocycles. The molecule has 0 amide bonds. The summed E-state index contributed by atoms with van der Waals surface area (Å²) in [5.74, 6) is 0.422. The molecule has 4 aromatic rings. The number of rotatable bonds is 1. The maximum absolute atomic E-state index is 6.11. The topological polar surface area (TPSA) is 56.7 Å². The van der Waals surface area contributed by atoms with Crippen LogP contribution in [0.5, 0.6) is 0 Å². The van der Waals surface area contributed by atoms with Crippen molar-refractivity contribution in [3.8, 4) is 5.69 Å². The van der Waals surface area contributed by atoms with Crippen molar-refractivity contribution in [3.63, 3.8) is 0 Å². The zero-order valence-corrected chi connectivity index (χ0v) is 11.7. The SMILES string of the molecule is Nc1nc2ccc(Cl)cc2n1-c1cccc2cccnc12. The van der Waals surface area contributed by atoms with Crippen LogP contribution in [0.15, 0.2) is 54.7 Å². The van der Waals surface area contributed by atoms with Crippen LogP contribution in [0.25, 0.3) is 27.6 Å². The fourth-order valence-electron chi connectivity index (χ4n) is 2.59. The zero-order chi connectivity index (χ0) is 14.4. The number of hydrogen-bond acceptors (Lipinski definition) is 3. The van der Waals surface area contributed by atoms with Crippen LogP contribution >= 0.6 is 11.6 Å². The van der Waals surface area contributed by atoms with Crippen LogP contribution in [0, 0.1) is 0 Å². The number of nitrogens with two attached hydrogens (primary N) is 1. The van der Waals surface area contributed by atoms with Gasteiger partial charge in [0.1, 0.15) is 0 Å². The van der Waals surface area contributed by atoms with Gasteiger partial charge in [0.25, 0.3) is 0 Å².